The largest absolute Gasteiger partial charge is 0.492 e. The van der Waals surface area contributed by atoms with E-state index in [4.69, 9.17) is 4.74 Å². The molecular weight excluding hydrogens is 440 g/mol. The molecule has 1 amide bonds. The van der Waals surface area contributed by atoms with Gasteiger partial charge in [0.25, 0.3) is 5.91 Å². The minimum absolute atomic E-state index is 0.171. The summed E-state index contributed by atoms with van der Waals surface area (Å²) in [6.07, 6.45) is 8.26. The van der Waals surface area contributed by atoms with Gasteiger partial charge in [-0.25, -0.2) is 13.4 Å². The molecule has 0 bridgehead atoms. The van der Waals surface area contributed by atoms with Gasteiger partial charge in [0.1, 0.15) is 12.4 Å². The van der Waals surface area contributed by atoms with Gasteiger partial charge in [-0.2, -0.15) is 4.31 Å². The van der Waals surface area contributed by atoms with E-state index in [1.54, 1.807) is 53.2 Å². The SMILES string of the molecule is O=C(NCCOc1ccc(S(=O)(=O)N2CCCCC2)cc1)c1ccc(Cn2ccnc2)cc1. The maximum absolute atomic E-state index is 12.7. The van der Waals surface area contributed by atoms with Crippen molar-refractivity contribution in [2.45, 2.75) is 30.7 Å². The van der Waals surface area contributed by atoms with E-state index in [1.165, 1.54) is 0 Å². The van der Waals surface area contributed by atoms with Crippen molar-refractivity contribution < 1.29 is 17.9 Å². The average molecular weight is 469 g/mol. The van der Waals surface area contributed by atoms with Crippen LogP contribution >= 0.6 is 0 Å². The van der Waals surface area contributed by atoms with Gasteiger partial charge < -0.3 is 14.6 Å². The van der Waals surface area contributed by atoms with Gasteiger partial charge in [0, 0.05) is 37.6 Å². The number of benzene rings is 2. The number of ether oxygens (including phenoxy) is 1. The first-order chi connectivity index (χ1) is 16.0. The van der Waals surface area contributed by atoms with Gasteiger partial charge in [-0.3, -0.25) is 4.79 Å². The van der Waals surface area contributed by atoms with Gasteiger partial charge in [-0.15, -0.1) is 0 Å². The minimum Gasteiger partial charge on any atom is -0.492 e. The molecule has 1 aromatic heterocycles. The van der Waals surface area contributed by atoms with Crippen LogP contribution in [0.1, 0.15) is 35.2 Å². The first-order valence-corrected chi connectivity index (χ1v) is 12.5. The van der Waals surface area contributed by atoms with Gasteiger partial charge in [-0.1, -0.05) is 18.6 Å². The highest BCUT2D eigenvalue weighted by atomic mass is 32.2. The summed E-state index contributed by atoms with van der Waals surface area (Å²) in [7, 11) is -3.45. The number of carbonyl (C=O) groups is 1. The Hall–Kier alpha value is -3.17. The zero-order valence-electron chi connectivity index (χ0n) is 18.4. The molecule has 1 saturated heterocycles. The molecule has 4 rings (SSSR count). The monoisotopic (exact) mass is 468 g/mol. The molecule has 1 aliphatic heterocycles. The van der Waals surface area contributed by atoms with E-state index in [0.717, 1.165) is 24.8 Å². The maximum atomic E-state index is 12.7. The van der Waals surface area contributed by atoms with Crippen molar-refractivity contribution in [2.75, 3.05) is 26.2 Å². The Morgan fingerprint density at radius 1 is 1.00 bits per heavy atom. The number of amides is 1. The summed E-state index contributed by atoms with van der Waals surface area (Å²) >= 11 is 0. The smallest absolute Gasteiger partial charge is 0.251 e. The molecule has 9 heteroatoms. The second kappa shape index (κ2) is 10.6. The number of aromatic nitrogens is 2. The van der Waals surface area contributed by atoms with Crippen LogP contribution < -0.4 is 10.1 Å². The van der Waals surface area contributed by atoms with Crippen LogP contribution in [0.15, 0.2) is 72.1 Å². The molecule has 33 heavy (non-hydrogen) atoms. The van der Waals surface area contributed by atoms with Crippen molar-refractivity contribution in [1.82, 2.24) is 19.2 Å². The Kier molecular flexibility index (Phi) is 7.41. The van der Waals surface area contributed by atoms with E-state index < -0.39 is 10.0 Å². The van der Waals surface area contributed by atoms with Crippen molar-refractivity contribution in [3.05, 3.63) is 78.4 Å². The van der Waals surface area contributed by atoms with Crippen LogP contribution in [-0.4, -0.2) is 54.4 Å². The third-order valence-electron chi connectivity index (χ3n) is 5.57. The summed E-state index contributed by atoms with van der Waals surface area (Å²) in [5.41, 5.74) is 1.66. The maximum Gasteiger partial charge on any atom is 0.251 e. The van der Waals surface area contributed by atoms with Crippen LogP contribution in [0.5, 0.6) is 5.75 Å². The summed E-state index contributed by atoms with van der Waals surface area (Å²) in [5.74, 6) is 0.390. The van der Waals surface area contributed by atoms with E-state index in [0.29, 0.717) is 37.5 Å². The molecule has 2 heterocycles. The Morgan fingerprint density at radius 3 is 2.39 bits per heavy atom. The molecule has 0 unspecified atom stereocenters. The second-order valence-electron chi connectivity index (χ2n) is 7.97. The van der Waals surface area contributed by atoms with Crippen LogP contribution in [0.4, 0.5) is 0 Å². The number of hydrogen-bond acceptors (Lipinski definition) is 5. The average Bonchev–Trinajstić information content (AvgIpc) is 3.36. The molecule has 174 valence electrons. The van der Waals surface area contributed by atoms with Crippen molar-refractivity contribution in [1.29, 1.82) is 0 Å². The number of sulfonamides is 1. The fourth-order valence-corrected chi connectivity index (χ4v) is 5.27. The van der Waals surface area contributed by atoms with Crippen LogP contribution in [-0.2, 0) is 16.6 Å². The van der Waals surface area contributed by atoms with E-state index in [-0.39, 0.29) is 17.4 Å². The number of rotatable bonds is 9. The Labute approximate surface area is 194 Å². The molecule has 1 fully saturated rings. The lowest BCUT2D eigenvalue weighted by atomic mass is 10.1. The van der Waals surface area contributed by atoms with Crippen LogP contribution in [0.25, 0.3) is 0 Å². The summed E-state index contributed by atoms with van der Waals surface area (Å²) in [5, 5.41) is 2.83. The molecule has 0 spiro atoms. The van der Waals surface area contributed by atoms with E-state index in [1.807, 2.05) is 22.9 Å². The normalized spacial score (nSPS) is 14.7. The minimum atomic E-state index is -3.45. The molecule has 0 aliphatic carbocycles. The number of nitrogens with zero attached hydrogens (tertiary/aromatic N) is 3. The highest BCUT2D eigenvalue weighted by Gasteiger charge is 2.25. The second-order valence-corrected chi connectivity index (χ2v) is 9.91. The molecule has 0 radical (unpaired) electrons. The van der Waals surface area contributed by atoms with Crippen molar-refractivity contribution in [2.24, 2.45) is 0 Å². The number of piperidine rings is 1. The van der Waals surface area contributed by atoms with Gasteiger partial charge in [0.2, 0.25) is 10.0 Å². The summed E-state index contributed by atoms with van der Waals surface area (Å²) in [6, 6.07) is 13.9. The molecule has 8 nitrogen and oxygen atoms in total. The standard InChI is InChI=1S/C24H28N4O4S/c29-24(21-6-4-20(5-7-21)18-27-16-12-25-19-27)26-13-17-32-22-8-10-23(11-9-22)33(30,31)28-14-2-1-3-15-28/h4-12,16,19H,1-3,13-15,17-18H2,(H,26,29). The molecule has 0 saturated carbocycles. The Balaban J connectivity index is 1.22. The lowest BCUT2D eigenvalue weighted by molar-refractivity contribution is 0.0947. The predicted molar refractivity (Wildman–Crippen MR) is 125 cm³/mol. The quantitative estimate of drug-likeness (QED) is 0.488. The first kappa shape index (κ1) is 23.0. The van der Waals surface area contributed by atoms with Gasteiger partial charge in [-0.05, 0) is 54.8 Å². The van der Waals surface area contributed by atoms with E-state index in [9.17, 15) is 13.2 Å². The number of nitrogens with one attached hydrogen (secondary N) is 1. The topological polar surface area (TPSA) is 93.5 Å². The van der Waals surface area contributed by atoms with Gasteiger partial charge >= 0.3 is 0 Å². The number of carbonyl (C=O) groups excluding carboxylic acids is 1. The van der Waals surface area contributed by atoms with Crippen molar-refractivity contribution in [3.63, 3.8) is 0 Å². The van der Waals surface area contributed by atoms with Crippen LogP contribution in [0, 0.1) is 0 Å². The highest BCUT2D eigenvalue weighted by molar-refractivity contribution is 7.89. The lowest BCUT2D eigenvalue weighted by Crippen LogP contribution is -2.35. The molecule has 3 aromatic rings. The molecular formula is C24H28N4O4S. The number of imidazole rings is 1. The first-order valence-electron chi connectivity index (χ1n) is 11.1. The third-order valence-corrected chi connectivity index (χ3v) is 7.49. The molecule has 0 atom stereocenters. The molecule has 1 aliphatic rings. The Bertz CT molecular complexity index is 1140. The fourth-order valence-electron chi connectivity index (χ4n) is 3.75. The van der Waals surface area contributed by atoms with Crippen molar-refractivity contribution in [3.8, 4) is 5.75 Å². The van der Waals surface area contributed by atoms with Crippen LogP contribution in [0.3, 0.4) is 0 Å². The van der Waals surface area contributed by atoms with Crippen molar-refractivity contribution >= 4 is 15.9 Å². The zero-order chi connectivity index (χ0) is 23.1. The molecule has 1 N–H and O–H groups in total. The highest BCUT2D eigenvalue weighted by Crippen LogP contribution is 2.22. The van der Waals surface area contributed by atoms with E-state index in [2.05, 4.69) is 10.3 Å². The predicted octanol–water partition coefficient (Wildman–Crippen LogP) is 2.91. The third kappa shape index (κ3) is 6.00. The zero-order valence-corrected chi connectivity index (χ0v) is 19.2. The van der Waals surface area contributed by atoms with Gasteiger partial charge in [0.15, 0.2) is 0 Å². The fraction of sp³-hybridized carbons (Fsp3) is 0.333. The number of hydrogen-bond donors (Lipinski definition) is 1. The van der Waals surface area contributed by atoms with Gasteiger partial charge in [0.05, 0.1) is 17.8 Å². The summed E-state index contributed by atoms with van der Waals surface area (Å²) in [4.78, 5) is 16.6. The molecule has 2 aromatic carbocycles. The van der Waals surface area contributed by atoms with Crippen LogP contribution in [0.2, 0.25) is 0 Å². The lowest BCUT2D eigenvalue weighted by Gasteiger charge is -2.25. The van der Waals surface area contributed by atoms with E-state index >= 15 is 0 Å². The Morgan fingerprint density at radius 2 is 1.73 bits per heavy atom. The summed E-state index contributed by atoms with van der Waals surface area (Å²) < 4.78 is 34.6. The summed E-state index contributed by atoms with van der Waals surface area (Å²) in [6.45, 7) is 2.47.